The molecule has 9 aromatic carbocycles. The normalized spacial score (nSPS) is 13.1. The monoisotopic (exact) mass is 719 g/mol. The summed E-state index contributed by atoms with van der Waals surface area (Å²) in [5.41, 5.74) is 13.6. The van der Waals surface area contributed by atoms with E-state index in [1.807, 2.05) is 11.3 Å². The van der Waals surface area contributed by atoms with E-state index in [1.54, 1.807) is 0 Å². The number of hydrogen-bond donors (Lipinski definition) is 0. The lowest BCUT2D eigenvalue weighted by atomic mass is 9.82. The molecule has 10 aromatic rings. The van der Waals surface area contributed by atoms with Crippen molar-refractivity contribution in [3.8, 4) is 33.4 Å². The molecular formula is C53H37NS. The smallest absolute Gasteiger partial charge is 0.0543 e. The van der Waals surface area contributed by atoms with Gasteiger partial charge in [0.25, 0.3) is 0 Å². The molecule has 1 nitrogen and oxygen atoms in total. The molecule has 0 atom stereocenters. The summed E-state index contributed by atoms with van der Waals surface area (Å²) in [6.45, 7) is 4.72. The zero-order valence-electron chi connectivity index (χ0n) is 30.8. The molecule has 0 saturated carbocycles. The summed E-state index contributed by atoms with van der Waals surface area (Å²) in [4.78, 5) is 2.50. The van der Waals surface area contributed by atoms with E-state index < -0.39 is 0 Å². The Labute approximate surface area is 325 Å². The van der Waals surface area contributed by atoms with E-state index in [0.717, 1.165) is 11.4 Å². The first-order valence-corrected chi connectivity index (χ1v) is 19.9. The fraction of sp³-hybridized carbons (Fsp3) is 0.0566. The molecule has 260 valence electrons. The summed E-state index contributed by atoms with van der Waals surface area (Å²) < 4.78 is 2.66. The third-order valence-electron chi connectivity index (χ3n) is 11.8. The first kappa shape index (κ1) is 32.0. The lowest BCUT2D eigenvalue weighted by Crippen LogP contribution is -2.16. The molecule has 0 radical (unpaired) electrons. The molecule has 0 fully saturated rings. The van der Waals surface area contributed by atoms with Crippen LogP contribution in [0.4, 0.5) is 17.1 Å². The zero-order chi connectivity index (χ0) is 36.7. The number of anilines is 3. The van der Waals surface area contributed by atoms with E-state index in [2.05, 4.69) is 207 Å². The number of benzene rings is 9. The van der Waals surface area contributed by atoms with Crippen LogP contribution in [0, 0.1) is 0 Å². The molecule has 0 unspecified atom stereocenters. The van der Waals surface area contributed by atoms with Gasteiger partial charge in [-0.05, 0) is 103 Å². The van der Waals surface area contributed by atoms with Gasteiger partial charge in [0.05, 0.1) is 11.4 Å². The van der Waals surface area contributed by atoms with Crippen molar-refractivity contribution in [1.29, 1.82) is 0 Å². The first-order valence-electron chi connectivity index (χ1n) is 19.1. The molecule has 55 heavy (non-hydrogen) atoms. The summed E-state index contributed by atoms with van der Waals surface area (Å²) in [6.07, 6.45) is 0. The summed E-state index contributed by atoms with van der Waals surface area (Å²) in [5, 5.41) is 7.72. The average Bonchev–Trinajstić information content (AvgIpc) is 3.71. The number of fused-ring (bicyclic) bond motifs is 8. The Kier molecular flexibility index (Phi) is 7.14. The standard InChI is InChI=1S/C53H37NS/c1-53(2)46-21-9-7-19-43(46)52-47(53)22-12-24-49(52)54(48-23-10-8-18-42(48)41-20-11-16-35-13-5-6-17-40(35)41)39-28-25-34(26-29-39)38-27-30-50-44(32-38)45-31-36-14-3-4-15-37(36)33-51(45)55-50/h3-33H,1-2H3. The molecule has 11 rings (SSSR count). The molecule has 0 N–H and O–H groups in total. The van der Waals surface area contributed by atoms with Gasteiger partial charge in [-0.2, -0.15) is 0 Å². The second-order valence-electron chi connectivity index (χ2n) is 15.3. The second-order valence-corrected chi connectivity index (χ2v) is 16.4. The topological polar surface area (TPSA) is 3.24 Å². The lowest BCUT2D eigenvalue weighted by molar-refractivity contribution is 0.660. The Bertz CT molecular complexity index is 3120. The van der Waals surface area contributed by atoms with Gasteiger partial charge in [0.15, 0.2) is 0 Å². The Balaban J connectivity index is 1.10. The summed E-state index contributed by atoms with van der Waals surface area (Å²) in [6, 6.07) is 69.7. The van der Waals surface area contributed by atoms with Gasteiger partial charge >= 0.3 is 0 Å². The molecule has 0 aliphatic heterocycles. The minimum atomic E-state index is -0.108. The summed E-state index contributed by atoms with van der Waals surface area (Å²) >= 11 is 1.88. The highest BCUT2D eigenvalue weighted by Crippen LogP contribution is 2.55. The van der Waals surface area contributed by atoms with Crippen LogP contribution in [0.1, 0.15) is 25.0 Å². The van der Waals surface area contributed by atoms with Crippen molar-refractivity contribution < 1.29 is 0 Å². The molecule has 1 aliphatic carbocycles. The van der Waals surface area contributed by atoms with Gasteiger partial charge in [0.2, 0.25) is 0 Å². The molecule has 1 aliphatic rings. The van der Waals surface area contributed by atoms with Crippen molar-refractivity contribution in [2.45, 2.75) is 19.3 Å². The Morgan fingerprint density at radius 1 is 0.400 bits per heavy atom. The maximum absolute atomic E-state index is 2.50. The maximum atomic E-state index is 2.50. The Morgan fingerprint density at radius 2 is 1.00 bits per heavy atom. The highest BCUT2D eigenvalue weighted by molar-refractivity contribution is 7.25. The van der Waals surface area contributed by atoms with Gasteiger partial charge in [0, 0.05) is 42.4 Å². The van der Waals surface area contributed by atoms with E-state index in [-0.39, 0.29) is 5.41 Å². The molecule has 1 heterocycles. The SMILES string of the molecule is CC1(C)c2ccccc2-c2c(N(c3ccc(-c4ccc5sc6cc7ccccc7cc6c5c4)cc3)c3ccccc3-c3cccc4ccccc34)cccc21. The number of hydrogen-bond acceptors (Lipinski definition) is 2. The van der Waals surface area contributed by atoms with Gasteiger partial charge in [-0.3, -0.25) is 0 Å². The van der Waals surface area contributed by atoms with Gasteiger partial charge in [-0.25, -0.2) is 0 Å². The molecule has 0 bridgehead atoms. The predicted molar refractivity (Wildman–Crippen MR) is 237 cm³/mol. The summed E-state index contributed by atoms with van der Waals surface area (Å²) in [5.74, 6) is 0. The minimum absolute atomic E-state index is 0.108. The van der Waals surface area contributed by atoms with Crippen molar-refractivity contribution >= 4 is 70.1 Å². The van der Waals surface area contributed by atoms with E-state index in [0.29, 0.717) is 0 Å². The van der Waals surface area contributed by atoms with Crippen molar-refractivity contribution in [2.24, 2.45) is 0 Å². The van der Waals surface area contributed by atoms with E-state index in [1.165, 1.54) is 91.9 Å². The van der Waals surface area contributed by atoms with Crippen molar-refractivity contribution in [1.82, 2.24) is 0 Å². The highest BCUT2D eigenvalue weighted by Gasteiger charge is 2.38. The second kappa shape index (κ2) is 12.3. The van der Waals surface area contributed by atoms with Crippen LogP contribution in [0.25, 0.3) is 75.1 Å². The van der Waals surface area contributed by atoms with Crippen LogP contribution < -0.4 is 4.90 Å². The molecule has 0 amide bonds. The van der Waals surface area contributed by atoms with Crippen LogP contribution >= 0.6 is 11.3 Å². The molecular weight excluding hydrogens is 683 g/mol. The van der Waals surface area contributed by atoms with E-state index in [4.69, 9.17) is 0 Å². The average molecular weight is 720 g/mol. The number of rotatable bonds is 5. The van der Waals surface area contributed by atoms with Crippen LogP contribution in [0.3, 0.4) is 0 Å². The number of nitrogens with zero attached hydrogens (tertiary/aromatic N) is 1. The minimum Gasteiger partial charge on any atom is -0.309 e. The Morgan fingerprint density at radius 3 is 1.85 bits per heavy atom. The molecule has 0 spiro atoms. The third kappa shape index (κ3) is 4.99. The van der Waals surface area contributed by atoms with Gasteiger partial charge in [-0.1, -0.05) is 153 Å². The third-order valence-corrected chi connectivity index (χ3v) is 13.0. The lowest BCUT2D eigenvalue weighted by Gasteiger charge is -2.31. The maximum Gasteiger partial charge on any atom is 0.0543 e. The van der Waals surface area contributed by atoms with Crippen LogP contribution in [-0.4, -0.2) is 0 Å². The quantitative estimate of drug-likeness (QED) is 0.171. The first-order chi connectivity index (χ1) is 27.0. The van der Waals surface area contributed by atoms with Crippen molar-refractivity contribution in [3.63, 3.8) is 0 Å². The van der Waals surface area contributed by atoms with Crippen LogP contribution in [-0.2, 0) is 5.41 Å². The summed E-state index contributed by atoms with van der Waals surface area (Å²) in [7, 11) is 0. The van der Waals surface area contributed by atoms with Crippen LogP contribution in [0.2, 0.25) is 0 Å². The van der Waals surface area contributed by atoms with E-state index in [9.17, 15) is 0 Å². The fourth-order valence-electron chi connectivity index (χ4n) is 9.13. The molecule has 2 heteroatoms. The van der Waals surface area contributed by atoms with E-state index >= 15 is 0 Å². The van der Waals surface area contributed by atoms with Gasteiger partial charge in [-0.15, -0.1) is 11.3 Å². The fourth-order valence-corrected chi connectivity index (χ4v) is 10.2. The van der Waals surface area contributed by atoms with Gasteiger partial charge < -0.3 is 4.90 Å². The van der Waals surface area contributed by atoms with Crippen LogP contribution in [0.5, 0.6) is 0 Å². The number of thiophene rings is 1. The van der Waals surface area contributed by atoms with Crippen LogP contribution in [0.15, 0.2) is 188 Å². The largest absolute Gasteiger partial charge is 0.309 e. The molecule has 0 saturated heterocycles. The zero-order valence-corrected chi connectivity index (χ0v) is 31.6. The van der Waals surface area contributed by atoms with Crippen molar-refractivity contribution in [3.05, 3.63) is 199 Å². The Hall–Kier alpha value is -6.48. The van der Waals surface area contributed by atoms with Crippen molar-refractivity contribution in [2.75, 3.05) is 4.90 Å². The highest BCUT2D eigenvalue weighted by atomic mass is 32.1. The molecule has 1 aromatic heterocycles. The van der Waals surface area contributed by atoms with Gasteiger partial charge in [0.1, 0.15) is 0 Å². The predicted octanol–water partition coefficient (Wildman–Crippen LogP) is 15.5. The number of para-hydroxylation sites is 1.